The zero-order valence-corrected chi connectivity index (χ0v) is 70.3. The van der Waals surface area contributed by atoms with Crippen LogP contribution in [0.5, 0.6) is 0 Å². The summed E-state index contributed by atoms with van der Waals surface area (Å²) in [4.78, 5) is 73.0. The predicted molar refractivity (Wildman–Crippen MR) is 428 cm³/mol. The van der Waals surface area contributed by atoms with Gasteiger partial charge in [0.2, 0.25) is 0 Å². The molecular weight excluding hydrogens is 1350 g/mol. The van der Waals surface area contributed by atoms with Gasteiger partial charge in [0, 0.05) is 25.7 Å². The zero-order valence-electron chi connectivity index (χ0n) is 68.5. The van der Waals surface area contributed by atoms with Crippen LogP contribution in [0.4, 0.5) is 0 Å². The van der Waals surface area contributed by atoms with Crippen LogP contribution in [0.15, 0.2) is 0 Å². The summed E-state index contributed by atoms with van der Waals surface area (Å²) < 4.78 is 68.7. The molecule has 0 fully saturated rings. The minimum Gasteiger partial charge on any atom is -0.462 e. The zero-order chi connectivity index (χ0) is 76.5. The number of aliphatic hydroxyl groups excluding tert-OH is 1. The van der Waals surface area contributed by atoms with Crippen molar-refractivity contribution in [2.45, 2.75) is 465 Å². The summed E-state index contributed by atoms with van der Waals surface area (Å²) in [5.41, 5.74) is 0. The van der Waals surface area contributed by atoms with Gasteiger partial charge in [-0.2, -0.15) is 0 Å². The maximum absolute atomic E-state index is 13.1. The highest BCUT2D eigenvalue weighted by molar-refractivity contribution is 7.47. The van der Waals surface area contributed by atoms with E-state index in [1.54, 1.807) is 0 Å². The molecule has 0 heterocycles. The van der Waals surface area contributed by atoms with Crippen molar-refractivity contribution in [3.63, 3.8) is 0 Å². The second kappa shape index (κ2) is 75.1. The van der Waals surface area contributed by atoms with Gasteiger partial charge in [0.05, 0.1) is 26.4 Å². The molecule has 0 aromatic carbocycles. The van der Waals surface area contributed by atoms with E-state index in [0.29, 0.717) is 25.7 Å². The third-order valence-corrected chi connectivity index (χ3v) is 22.1. The molecule has 6 atom stereocenters. The minimum atomic E-state index is -4.96. The molecule has 0 aromatic heterocycles. The van der Waals surface area contributed by atoms with Crippen LogP contribution in [0.1, 0.15) is 447 Å². The number of phosphoric ester groups is 2. The fourth-order valence-electron chi connectivity index (χ4n) is 13.2. The summed E-state index contributed by atoms with van der Waals surface area (Å²) in [6, 6.07) is 0. The summed E-state index contributed by atoms with van der Waals surface area (Å²) >= 11 is 0. The van der Waals surface area contributed by atoms with Gasteiger partial charge >= 0.3 is 39.5 Å². The van der Waals surface area contributed by atoms with E-state index in [1.165, 1.54) is 244 Å². The largest absolute Gasteiger partial charge is 0.472 e. The quantitative estimate of drug-likeness (QED) is 0.0222. The highest BCUT2D eigenvalue weighted by atomic mass is 31.2. The van der Waals surface area contributed by atoms with Crippen LogP contribution in [-0.2, 0) is 65.4 Å². The summed E-state index contributed by atoms with van der Waals surface area (Å²) in [6.07, 6.45) is 65.5. The van der Waals surface area contributed by atoms with Crippen LogP contribution in [0.3, 0.4) is 0 Å². The molecule has 0 aliphatic carbocycles. The first-order valence-corrected chi connectivity index (χ1v) is 46.9. The molecule has 0 radical (unpaired) electrons. The second-order valence-electron chi connectivity index (χ2n) is 31.8. The van der Waals surface area contributed by atoms with Crippen molar-refractivity contribution >= 4 is 39.5 Å². The SMILES string of the molecule is CCCCCCCCCC(=O)OC[C@H](COP(=O)(O)OC[C@H](O)COP(=O)(O)OC[C@@H](COC(=O)CCCCCCCCCCCCCCCCCCCCC(C)C)OC(=O)CCCCCCCCCCCCCCCCCCCCC(C)CC)OC(=O)CCCCCCCCCCCCCC(C)C. The Balaban J connectivity index is 5.16. The number of aliphatic hydroxyl groups is 1. The number of carbonyl (C=O) groups excluding carboxylic acids is 4. The van der Waals surface area contributed by atoms with Gasteiger partial charge in [0.1, 0.15) is 19.3 Å². The van der Waals surface area contributed by atoms with Gasteiger partial charge in [-0.25, -0.2) is 9.13 Å². The molecule has 3 N–H and O–H groups in total. The first kappa shape index (κ1) is 102. The van der Waals surface area contributed by atoms with Crippen molar-refractivity contribution in [3.05, 3.63) is 0 Å². The molecule has 618 valence electrons. The van der Waals surface area contributed by atoms with Crippen LogP contribution in [0, 0.1) is 17.8 Å². The van der Waals surface area contributed by atoms with E-state index in [2.05, 4.69) is 48.5 Å². The van der Waals surface area contributed by atoms with E-state index < -0.39 is 97.5 Å². The van der Waals surface area contributed by atoms with Gasteiger partial charge in [-0.15, -0.1) is 0 Å². The van der Waals surface area contributed by atoms with Gasteiger partial charge in [-0.05, 0) is 43.4 Å². The average Bonchev–Trinajstić information content (AvgIpc) is 0.909. The third kappa shape index (κ3) is 76.8. The second-order valence-corrected chi connectivity index (χ2v) is 34.7. The smallest absolute Gasteiger partial charge is 0.462 e. The first-order chi connectivity index (χ1) is 50.3. The van der Waals surface area contributed by atoms with E-state index >= 15 is 0 Å². The van der Waals surface area contributed by atoms with E-state index in [9.17, 15) is 43.2 Å². The Morgan fingerprint density at radius 3 is 0.731 bits per heavy atom. The summed E-state index contributed by atoms with van der Waals surface area (Å²) in [5, 5.41) is 10.6. The number of ether oxygens (including phenoxy) is 4. The van der Waals surface area contributed by atoms with Crippen LogP contribution < -0.4 is 0 Å². The molecule has 3 unspecified atom stereocenters. The van der Waals surface area contributed by atoms with Gasteiger partial charge in [0.15, 0.2) is 12.2 Å². The Kier molecular flexibility index (Phi) is 73.7. The van der Waals surface area contributed by atoms with E-state index in [-0.39, 0.29) is 25.7 Å². The number of hydrogen-bond donors (Lipinski definition) is 3. The minimum absolute atomic E-state index is 0.106. The standard InChI is InChI=1S/C85H166O17P2/c1-8-10-11-12-42-52-59-66-82(87)95-72-80(101-85(90)69-62-55-48-41-35-29-31-37-44-50-57-64-77(5)6)74-99-103(91,92)97-70-79(86)71-98-104(93,94)100-75-81(73-96-83(88)67-60-53-46-39-33-27-23-19-15-13-17-21-25-30-36-43-49-56-63-76(3)4)102-84(89)68-61-54-47-40-34-28-24-20-16-14-18-22-26-32-38-45-51-58-65-78(7)9-2/h76-81,86H,8-75H2,1-7H3,(H,91,92)(H,93,94)/t78?,79-,80+,81+/m0/s1. The van der Waals surface area contributed by atoms with Crippen LogP contribution in [-0.4, -0.2) is 96.7 Å². The molecule has 0 aliphatic rings. The van der Waals surface area contributed by atoms with Crippen LogP contribution in [0.2, 0.25) is 0 Å². The third-order valence-electron chi connectivity index (χ3n) is 20.2. The number of esters is 4. The van der Waals surface area contributed by atoms with Crippen molar-refractivity contribution in [2.24, 2.45) is 17.8 Å². The van der Waals surface area contributed by atoms with Gasteiger partial charge in [-0.3, -0.25) is 37.3 Å². The Morgan fingerprint density at radius 1 is 0.279 bits per heavy atom. The molecule has 0 rings (SSSR count). The Morgan fingerprint density at radius 2 is 0.490 bits per heavy atom. The predicted octanol–water partition coefficient (Wildman–Crippen LogP) is 25.7. The number of phosphoric acid groups is 2. The fraction of sp³-hybridized carbons (Fsp3) is 0.953. The maximum atomic E-state index is 13.1. The summed E-state index contributed by atoms with van der Waals surface area (Å²) in [6.45, 7) is 12.0. The maximum Gasteiger partial charge on any atom is 0.472 e. The molecule has 0 amide bonds. The Labute approximate surface area is 638 Å². The van der Waals surface area contributed by atoms with Crippen molar-refractivity contribution in [1.82, 2.24) is 0 Å². The van der Waals surface area contributed by atoms with E-state index in [1.807, 2.05) is 0 Å². The molecule has 0 spiro atoms. The molecule has 0 aromatic rings. The van der Waals surface area contributed by atoms with Crippen molar-refractivity contribution in [3.8, 4) is 0 Å². The molecule has 17 nitrogen and oxygen atoms in total. The number of unbranched alkanes of at least 4 members (excludes halogenated alkanes) is 50. The van der Waals surface area contributed by atoms with Crippen LogP contribution >= 0.6 is 15.6 Å². The van der Waals surface area contributed by atoms with Gasteiger partial charge < -0.3 is 33.8 Å². The molecule has 19 heteroatoms. The highest BCUT2D eigenvalue weighted by Gasteiger charge is 2.30. The van der Waals surface area contributed by atoms with Crippen LogP contribution in [0.25, 0.3) is 0 Å². The van der Waals surface area contributed by atoms with Gasteiger partial charge in [0.25, 0.3) is 0 Å². The molecule has 104 heavy (non-hydrogen) atoms. The fourth-order valence-corrected chi connectivity index (χ4v) is 14.7. The molecule has 0 saturated carbocycles. The average molecular weight is 1520 g/mol. The van der Waals surface area contributed by atoms with E-state index in [4.69, 9.17) is 37.0 Å². The number of hydrogen-bond acceptors (Lipinski definition) is 15. The van der Waals surface area contributed by atoms with Gasteiger partial charge in [-0.1, -0.05) is 395 Å². The van der Waals surface area contributed by atoms with E-state index in [0.717, 1.165) is 120 Å². The Bertz CT molecular complexity index is 2010. The summed E-state index contributed by atoms with van der Waals surface area (Å²) in [5.74, 6) is 0.348. The lowest BCUT2D eigenvalue weighted by Gasteiger charge is -2.21. The van der Waals surface area contributed by atoms with Crippen molar-refractivity contribution in [2.75, 3.05) is 39.6 Å². The molecule has 0 aliphatic heterocycles. The number of carbonyl (C=O) groups is 4. The topological polar surface area (TPSA) is 237 Å². The first-order valence-electron chi connectivity index (χ1n) is 43.9. The Hall–Kier alpha value is -1.94. The van der Waals surface area contributed by atoms with Crippen molar-refractivity contribution in [1.29, 1.82) is 0 Å². The lowest BCUT2D eigenvalue weighted by molar-refractivity contribution is -0.161. The monoisotopic (exact) mass is 1520 g/mol. The lowest BCUT2D eigenvalue weighted by atomic mass is 9.99. The highest BCUT2D eigenvalue weighted by Crippen LogP contribution is 2.45. The normalized spacial score (nSPS) is 14.2. The van der Waals surface area contributed by atoms with Crippen molar-refractivity contribution < 1.29 is 80.2 Å². The molecule has 0 saturated heterocycles. The number of rotatable bonds is 83. The lowest BCUT2D eigenvalue weighted by Crippen LogP contribution is -2.30. The molecular formula is C85H166O17P2. The summed E-state index contributed by atoms with van der Waals surface area (Å²) in [7, 11) is -9.92. The molecule has 0 bridgehead atoms.